The molecule has 3 unspecified atom stereocenters. The lowest BCUT2D eigenvalue weighted by molar-refractivity contribution is -0.132. The molecule has 0 spiro atoms. The second-order valence-electron chi connectivity index (χ2n) is 3.04. The van der Waals surface area contributed by atoms with E-state index in [0.29, 0.717) is 0 Å². The number of carboxylic acid groups (broad SMARTS) is 1. The van der Waals surface area contributed by atoms with Gasteiger partial charge in [0.05, 0.1) is 11.5 Å². The molecule has 0 saturated heterocycles. The highest BCUT2D eigenvalue weighted by Crippen LogP contribution is 2.26. The first-order valence-corrected chi connectivity index (χ1v) is 5.22. The highest BCUT2D eigenvalue weighted by Gasteiger charge is 2.30. The molecule has 0 amide bonds. The summed E-state index contributed by atoms with van der Waals surface area (Å²) in [5.41, 5.74) is -1.72. The number of aliphatic hydroxyl groups excluding tert-OH is 2. The molecule has 84 valence electrons. The van der Waals surface area contributed by atoms with E-state index in [1.165, 1.54) is 6.08 Å². The van der Waals surface area contributed by atoms with Gasteiger partial charge in [-0.15, -0.1) is 0 Å². The van der Waals surface area contributed by atoms with Crippen LogP contribution in [0.15, 0.2) is 23.5 Å². The van der Waals surface area contributed by atoms with E-state index < -0.39 is 34.2 Å². The Morgan fingerprint density at radius 2 is 2.20 bits per heavy atom. The fraction of sp³-hybridized carbons (Fsp3) is 0.375. The van der Waals surface area contributed by atoms with Crippen molar-refractivity contribution in [2.45, 2.75) is 11.9 Å². The standard InChI is InChI=1S/C8H10O6S/c9-6-3-4(7(10)11)1-2-5(6)8(12)15(13)14/h1,3,5,8-9,12H,2H2,(H,10,11)(H,13,14). The van der Waals surface area contributed by atoms with E-state index in [9.17, 15) is 19.2 Å². The van der Waals surface area contributed by atoms with Crippen LogP contribution >= 0.6 is 0 Å². The number of aliphatic hydroxyl groups is 2. The zero-order valence-corrected chi connectivity index (χ0v) is 8.35. The third-order valence-corrected chi connectivity index (χ3v) is 2.81. The Balaban J connectivity index is 2.83. The Morgan fingerprint density at radius 1 is 1.60 bits per heavy atom. The van der Waals surface area contributed by atoms with Crippen molar-refractivity contribution < 1.29 is 28.9 Å². The molecule has 7 heteroatoms. The molecule has 1 aliphatic carbocycles. The second kappa shape index (κ2) is 4.56. The number of hydrogen-bond donors (Lipinski definition) is 4. The van der Waals surface area contributed by atoms with Crippen molar-refractivity contribution in [1.29, 1.82) is 0 Å². The molecule has 0 saturated carbocycles. The van der Waals surface area contributed by atoms with Gasteiger partial charge in [-0.2, -0.15) is 0 Å². The van der Waals surface area contributed by atoms with Gasteiger partial charge in [0.15, 0.2) is 16.5 Å². The normalized spacial score (nSPS) is 25.1. The summed E-state index contributed by atoms with van der Waals surface area (Å²) >= 11 is -2.47. The van der Waals surface area contributed by atoms with Crippen LogP contribution < -0.4 is 0 Å². The molecule has 0 aromatic rings. The molecule has 0 aromatic carbocycles. The number of carbonyl (C=O) groups is 1. The van der Waals surface area contributed by atoms with Gasteiger partial charge in [0.25, 0.3) is 0 Å². The molecule has 15 heavy (non-hydrogen) atoms. The minimum absolute atomic E-state index is 0.0113. The zero-order valence-electron chi connectivity index (χ0n) is 7.53. The zero-order chi connectivity index (χ0) is 11.6. The van der Waals surface area contributed by atoms with Crippen LogP contribution in [-0.2, 0) is 15.9 Å². The molecule has 0 heterocycles. The first kappa shape index (κ1) is 11.9. The third-order valence-electron chi connectivity index (χ3n) is 2.07. The molecule has 3 atom stereocenters. The molecule has 1 rings (SSSR count). The lowest BCUT2D eigenvalue weighted by Crippen LogP contribution is -2.28. The minimum Gasteiger partial charge on any atom is -0.512 e. The smallest absolute Gasteiger partial charge is 0.335 e. The summed E-state index contributed by atoms with van der Waals surface area (Å²) in [6.07, 6.45) is 2.26. The molecular formula is C8H10O6S. The highest BCUT2D eigenvalue weighted by molar-refractivity contribution is 7.79. The summed E-state index contributed by atoms with van der Waals surface area (Å²) in [4.78, 5) is 10.5. The lowest BCUT2D eigenvalue weighted by atomic mass is 9.95. The average Bonchev–Trinajstić information content (AvgIpc) is 2.16. The van der Waals surface area contributed by atoms with Crippen LogP contribution in [0.1, 0.15) is 6.42 Å². The third kappa shape index (κ3) is 2.65. The van der Waals surface area contributed by atoms with Crippen LogP contribution in [0.2, 0.25) is 0 Å². The van der Waals surface area contributed by atoms with Gasteiger partial charge in [-0.1, -0.05) is 6.08 Å². The Bertz CT molecular complexity index is 358. The summed E-state index contributed by atoms with van der Waals surface area (Å²) in [7, 11) is 0. The average molecular weight is 234 g/mol. The topological polar surface area (TPSA) is 115 Å². The van der Waals surface area contributed by atoms with E-state index in [-0.39, 0.29) is 12.0 Å². The summed E-state index contributed by atoms with van der Waals surface area (Å²) in [5.74, 6) is -2.52. The molecular weight excluding hydrogens is 224 g/mol. The Hall–Kier alpha value is -1.18. The summed E-state index contributed by atoms with van der Waals surface area (Å²) in [5, 5.41) is 27.2. The molecule has 4 N–H and O–H groups in total. The van der Waals surface area contributed by atoms with Crippen LogP contribution in [0.4, 0.5) is 0 Å². The van der Waals surface area contributed by atoms with Crippen LogP contribution in [0.5, 0.6) is 0 Å². The van der Waals surface area contributed by atoms with Gasteiger partial charge >= 0.3 is 5.97 Å². The number of aliphatic carboxylic acids is 1. The van der Waals surface area contributed by atoms with Gasteiger partial charge in [0.2, 0.25) is 0 Å². The van der Waals surface area contributed by atoms with Crippen LogP contribution in [0, 0.1) is 5.92 Å². The minimum atomic E-state index is -2.47. The fourth-order valence-corrected chi connectivity index (χ4v) is 1.78. The Morgan fingerprint density at radius 3 is 2.60 bits per heavy atom. The second-order valence-corrected chi connectivity index (χ2v) is 4.08. The Kier molecular flexibility index (Phi) is 3.61. The van der Waals surface area contributed by atoms with Crippen molar-refractivity contribution >= 4 is 17.0 Å². The number of allylic oxidation sites excluding steroid dienone is 1. The number of rotatable bonds is 3. The highest BCUT2D eigenvalue weighted by atomic mass is 32.2. The summed E-state index contributed by atoms with van der Waals surface area (Å²) in [6, 6.07) is 0. The van der Waals surface area contributed by atoms with Gasteiger partial charge in [-0.05, 0) is 12.5 Å². The van der Waals surface area contributed by atoms with Crippen molar-refractivity contribution in [2.24, 2.45) is 5.92 Å². The van der Waals surface area contributed by atoms with E-state index in [1.807, 2.05) is 0 Å². The lowest BCUT2D eigenvalue weighted by Gasteiger charge is -2.21. The molecule has 6 nitrogen and oxygen atoms in total. The van der Waals surface area contributed by atoms with Crippen LogP contribution in [-0.4, -0.2) is 35.5 Å². The number of hydrogen-bond acceptors (Lipinski definition) is 4. The van der Waals surface area contributed by atoms with Crippen molar-refractivity contribution in [3.05, 3.63) is 23.5 Å². The largest absolute Gasteiger partial charge is 0.512 e. The Labute approximate surface area is 87.8 Å². The maximum Gasteiger partial charge on any atom is 0.335 e. The van der Waals surface area contributed by atoms with Gasteiger partial charge < -0.3 is 19.9 Å². The van der Waals surface area contributed by atoms with Gasteiger partial charge in [-0.25, -0.2) is 9.00 Å². The van der Waals surface area contributed by atoms with Gasteiger partial charge in [0.1, 0.15) is 5.76 Å². The maximum atomic E-state index is 10.5. The molecule has 0 aromatic heterocycles. The van der Waals surface area contributed by atoms with E-state index in [2.05, 4.69) is 0 Å². The van der Waals surface area contributed by atoms with Crippen molar-refractivity contribution in [2.75, 3.05) is 0 Å². The molecule has 0 radical (unpaired) electrons. The van der Waals surface area contributed by atoms with Crippen LogP contribution in [0.25, 0.3) is 0 Å². The van der Waals surface area contributed by atoms with Crippen LogP contribution in [0.3, 0.4) is 0 Å². The molecule has 0 fully saturated rings. The molecule has 0 bridgehead atoms. The number of carboxylic acids is 1. The predicted octanol–water partition coefficient (Wildman–Crippen LogP) is -0.000700. The quantitative estimate of drug-likeness (QED) is 0.511. The summed E-state index contributed by atoms with van der Waals surface area (Å²) < 4.78 is 19.2. The van der Waals surface area contributed by atoms with E-state index in [4.69, 9.17) is 9.66 Å². The predicted molar refractivity (Wildman–Crippen MR) is 51.3 cm³/mol. The first-order valence-electron chi connectivity index (χ1n) is 4.05. The van der Waals surface area contributed by atoms with Crippen molar-refractivity contribution in [1.82, 2.24) is 0 Å². The van der Waals surface area contributed by atoms with Crippen molar-refractivity contribution in [3.8, 4) is 0 Å². The molecule has 0 aliphatic heterocycles. The SMILES string of the molecule is O=C(O)C1=CCC(C(O)S(=O)O)C(O)=C1. The van der Waals surface area contributed by atoms with Crippen molar-refractivity contribution in [3.63, 3.8) is 0 Å². The van der Waals surface area contributed by atoms with E-state index >= 15 is 0 Å². The molecule has 1 aliphatic rings. The van der Waals surface area contributed by atoms with E-state index in [0.717, 1.165) is 6.08 Å². The first-order chi connectivity index (χ1) is 6.93. The van der Waals surface area contributed by atoms with E-state index in [1.54, 1.807) is 0 Å². The maximum absolute atomic E-state index is 10.5. The van der Waals surface area contributed by atoms with Gasteiger partial charge in [0, 0.05) is 0 Å². The monoisotopic (exact) mass is 234 g/mol. The summed E-state index contributed by atoms with van der Waals surface area (Å²) in [6.45, 7) is 0. The fourth-order valence-electron chi connectivity index (χ4n) is 1.25. The van der Waals surface area contributed by atoms with Gasteiger partial charge in [-0.3, -0.25) is 0 Å².